The number of aromatic nitrogens is 3. The van der Waals surface area contributed by atoms with Crippen molar-refractivity contribution in [2.24, 2.45) is 0 Å². The zero-order valence-electron chi connectivity index (χ0n) is 12.6. The molecule has 0 radical (unpaired) electrons. The SMILES string of the molecule is CCCn1ncc(OC)c1C(NC)c1cnccc1C. The van der Waals surface area contributed by atoms with Crippen molar-refractivity contribution in [1.29, 1.82) is 0 Å². The fourth-order valence-electron chi connectivity index (χ4n) is 2.43. The van der Waals surface area contributed by atoms with E-state index in [0.29, 0.717) is 0 Å². The molecule has 0 bridgehead atoms. The Morgan fingerprint density at radius 2 is 2.20 bits per heavy atom. The minimum absolute atomic E-state index is 0.0210. The van der Waals surface area contributed by atoms with Crippen LogP contribution in [0.1, 0.15) is 36.2 Å². The molecule has 5 nitrogen and oxygen atoms in total. The van der Waals surface area contributed by atoms with Gasteiger partial charge in [0.25, 0.3) is 0 Å². The van der Waals surface area contributed by atoms with Crippen LogP contribution in [0, 0.1) is 6.92 Å². The third-order valence-corrected chi connectivity index (χ3v) is 3.45. The standard InChI is InChI=1S/C15H22N4O/c1-5-8-19-15(13(20-4)10-18-19)14(16-3)12-9-17-7-6-11(12)2/h6-7,9-10,14,16H,5,8H2,1-4H3. The van der Waals surface area contributed by atoms with Gasteiger partial charge >= 0.3 is 0 Å². The summed E-state index contributed by atoms with van der Waals surface area (Å²) in [5.41, 5.74) is 3.39. The molecule has 1 unspecified atom stereocenters. The number of ether oxygens (including phenoxy) is 1. The molecular weight excluding hydrogens is 252 g/mol. The average Bonchev–Trinajstić information content (AvgIpc) is 2.85. The highest BCUT2D eigenvalue weighted by molar-refractivity contribution is 5.38. The molecule has 20 heavy (non-hydrogen) atoms. The number of aryl methyl sites for hydroxylation is 2. The molecule has 2 aromatic heterocycles. The molecular formula is C15H22N4O. The van der Waals surface area contributed by atoms with Crippen LogP contribution in [0.2, 0.25) is 0 Å². The van der Waals surface area contributed by atoms with E-state index in [1.54, 1.807) is 13.3 Å². The first-order valence-corrected chi connectivity index (χ1v) is 6.90. The van der Waals surface area contributed by atoms with Gasteiger partial charge in [-0.3, -0.25) is 9.67 Å². The van der Waals surface area contributed by atoms with Crippen LogP contribution in [0.15, 0.2) is 24.7 Å². The topological polar surface area (TPSA) is 52.0 Å². The Hall–Kier alpha value is -1.88. The highest BCUT2D eigenvalue weighted by Crippen LogP contribution is 2.31. The van der Waals surface area contributed by atoms with E-state index < -0.39 is 0 Å². The van der Waals surface area contributed by atoms with Crippen molar-refractivity contribution in [2.75, 3.05) is 14.2 Å². The van der Waals surface area contributed by atoms with Gasteiger partial charge in [-0.25, -0.2) is 0 Å². The number of nitrogens with one attached hydrogen (secondary N) is 1. The molecule has 108 valence electrons. The Morgan fingerprint density at radius 3 is 2.80 bits per heavy atom. The molecule has 1 atom stereocenters. The smallest absolute Gasteiger partial charge is 0.161 e. The molecule has 1 N–H and O–H groups in total. The van der Waals surface area contributed by atoms with Crippen LogP contribution in [0.25, 0.3) is 0 Å². The predicted molar refractivity (Wildman–Crippen MR) is 78.9 cm³/mol. The molecule has 0 aromatic carbocycles. The monoisotopic (exact) mass is 274 g/mol. The number of hydrogen-bond donors (Lipinski definition) is 1. The fraction of sp³-hybridized carbons (Fsp3) is 0.467. The fourth-order valence-corrected chi connectivity index (χ4v) is 2.43. The summed E-state index contributed by atoms with van der Waals surface area (Å²) in [6, 6.07) is 2.04. The van der Waals surface area contributed by atoms with Crippen LogP contribution in [0.5, 0.6) is 5.75 Å². The molecule has 2 rings (SSSR count). The molecule has 2 heterocycles. The molecule has 0 amide bonds. The lowest BCUT2D eigenvalue weighted by atomic mass is 10.0. The largest absolute Gasteiger partial charge is 0.493 e. The first-order chi connectivity index (χ1) is 9.72. The zero-order valence-corrected chi connectivity index (χ0v) is 12.6. The van der Waals surface area contributed by atoms with E-state index in [-0.39, 0.29) is 6.04 Å². The quantitative estimate of drug-likeness (QED) is 0.878. The van der Waals surface area contributed by atoms with Crippen molar-refractivity contribution in [1.82, 2.24) is 20.1 Å². The molecule has 2 aromatic rings. The minimum atomic E-state index is 0.0210. The maximum Gasteiger partial charge on any atom is 0.161 e. The second-order valence-electron chi connectivity index (χ2n) is 4.78. The normalized spacial score (nSPS) is 12.4. The second kappa shape index (κ2) is 6.52. The van der Waals surface area contributed by atoms with Crippen molar-refractivity contribution >= 4 is 0 Å². The summed E-state index contributed by atoms with van der Waals surface area (Å²) >= 11 is 0. The summed E-state index contributed by atoms with van der Waals surface area (Å²) in [7, 11) is 3.62. The minimum Gasteiger partial charge on any atom is -0.493 e. The second-order valence-corrected chi connectivity index (χ2v) is 4.78. The van der Waals surface area contributed by atoms with Gasteiger partial charge in [0.05, 0.1) is 19.3 Å². The van der Waals surface area contributed by atoms with Gasteiger partial charge in [0.1, 0.15) is 5.69 Å². The molecule has 5 heteroatoms. The number of pyridine rings is 1. The van der Waals surface area contributed by atoms with E-state index in [0.717, 1.165) is 30.0 Å². The lowest BCUT2D eigenvalue weighted by Crippen LogP contribution is -2.23. The van der Waals surface area contributed by atoms with Crippen molar-refractivity contribution in [3.63, 3.8) is 0 Å². The van der Waals surface area contributed by atoms with Gasteiger partial charge < -0.3 is 10.1 Å². The molecule has 0 fully saturated rings. The Labute approximate surface area is 120 Å². The van der Waals surface area contributed by atoms with E-state index in [1.165, 1.54) is 5.56 Å². The molecule has 0 saturated heterocycles. The first-order valence-electron chi connectivity index (χ1n) is 6.90. The lowest BCUT2D eigenvalue weighted by molar-refractivity contribution is 0.400. The Kier molecular flexibility index (Phi) is 4.74. The zero-order chi connectivity index (χ0) is 14.5. The maximum absolute atomic E-state index is 5.47. The Morgan fingerprint density at radius 1 is 1.40 bits per heavy atom. The predicted octanol–water partition coefficient (Wildman–Crippen LogP) is 2.31. The van der Waals surface area contributed by atoms with Gasteiger partial charge in [-0.15, -0.1) is 0 Å². The van der Waals surface area contributed by atoms with Crippen LogP contribution in [-0.2, 0) is 6.54 Å². The summed E-state index contributed by atoms with van der Waals surface area (Å²) in [4.78, 5) is 4.24. The summed E-state index contributed by atoms with van der Waals surface area (Å²) in [6.45, 7) is 5.10. The molecule has 0 aliphatic rings. The maximum atomic E-state index is 5.47. The van der Waals surface area contributed by atoms with Crippen molar-refractivity contribution in [3.05, 3.63) is 41.5 Å². The van der Waals surface area contributed by atoms with E-state index in [4.69, 9.17) is 4.74 Å². The highest BCUT2D eigenvalue weighted by atomic mass is 16.5. The number of methoxy groups -OCH3 is 1. The van der Waals surface area contributed by atoms with Gasteiger partial charge in [0.2, 0.25) is 0 Å². The van der Waals surface area contributed by atoms with Gasteiger partial charge in [-0.05, 0) is 37.6 Å². The van der Waals surface area contributed by atoms with E-state index in [1.807, 2.05) is 30.2 Å². The lowest BCUT2D eigenvalue weighted by Gasteiger charge is -2.21. The molecule has 0 aliphatic heterocycles. The molecule has 0 saturated carbocycles. The summed E-state index contributed by atoms with van der Waals surface area (Å²) in [5, 5.41) is 7.79. The van der Waals surface area contributed by atoms with Gasteiger partial charge in [-0.1, -0.05) is 6.92 Å². The molecule has 0 spiro atoms. The van der Waals surface area contributed by atoms with Gasteiger partial charge in [0.15, 0.2) is 5.75 Å². The summed E-state index contributed by atoms with van der Waals surface area (Å²) in [6.07, 6.45) is 6.52. The van der Waals surface area contributed by atoms with Crippen LogP contribution >= 0.6 is 0 Å². The Bertz CT molecular complexity index is 565. The Balaban J connectivity index is 2.51. The number of nitrogens with zero attached hydrogens (tertiary/aromatic N) is 3. The average molecular weight is 274 g/mol. The van der Waals surface area contributed by atoms with Crippen LogP contribution in [0.3, 0.4) is 0 Å². The van der Waals surface area contributed by atoms with Gasteiger partial charge in [0, 0.05) is 18.9 Å². The van der Waals surface area contributed by atoms with Crippen molar-refractivity contribution in [2.45, 2.75) is 32.9 Å². The van der Waals surface area contributed by atoms with Crippen LogP contribution < -0.4 is 10.1 Å². The van der Waals surface area contributed by atoms with Crippen LogP contribution in [0.4, 0.5) is 0 Å². The summed E-state index contributed by atoms with van der Waals surface area (Å²) < 4.78 is 7.48. The van der Waals surface area contributed by atoms with E-state index in [2.05, 4.69) is 29.2 Å². The summed E-state index contributed by atoms with van der Waals surface area (Å²) in [5.74, 6) is 0.807. The third kappa shape index (κ3) is 2.67. The van der Waals surface area contributed by atoms with Crippen molar-refractivity contribution < 1.29 is 4.74 Å². The van der Waals surface area contributed by atoms with E-state index in [9.17, 15) is 0 Å². The molecule has 0 aliphatic carbocycles. The van der Waals surface area contributed by atoms with Crippen LogP contribution in [-0.4, -0.2) is 28.9 Å². The number of hydrogen-bond acceptors (Lipinski definition) is 4. The highest BCUT2D eigenvalue weighted by Gasteiger charge is 2.23. The number of rotatable bonds is 6. The van der Waals surface area contributed by atoms with E-state index >= 15 is 0 Å². The first kappa shape index (κ1) is 14.5. The van der Waals surface area contributed by atoms with Crippen molar-refractivity contribution in [3.8, 4) is 5.75 Å². The third-order valence-electron chi connectivity index (χ3n) is 3.45. The van der Waals surface area contributed by atoms with Gasteiger partial charge in [-0.2, -0.15) is 5.10 Å².